The van der Waals surface area contributed by atoms with Crippen LogP contribution in [0.3, 0.4) is 0 Å². The maximum Gasteiger partial charge on any atom is 0.0759 e. The van der Waals surface area contributed by atoms with E-state index in [2.05, 4.69) is 6.92 Å². The second-order valence-corrected chi connectivity index (χ2v) is 11.0. The van der Waals surface area contributed by atoms with Crippen molar-refractivity contribution in [2.45, 2.75) is 89.4 Å². The van der Waals surface area contributed by atoms with Crippen molar-refractivity contribution < 1.29 is 25.5 Å². The van der Waals surface area contributed by atoms with Crippen LogP contribution in [0.5, 0.6) is 0 Å². The van der Waals surface area contributed by atoms with E-state index >= 15 is 0 Å². The Bertz CT molecular complexity index is 583. The van der Waals surface area contributed by atoms with E-state index in [-0.39, 0.29) is 48.4 Å². The molecule has 5 nitrogen and oxygen atoms in total. The van der Waals surface area contributed by atoms with E-state index in [1.54, 1.807) is 0 Å². The van der Waals surface area contributed by atoms with Gasteiger partial charge in [0, 0.05) is 18.6 Å². The first-order valence-corrected chi connectivity index (χ1v) is 11.5. The molecule has 4 saturated carbocycles. The van der Waals surface area contributed by atoms with Crippen LogP contribution in [-0.4, -0.2) is 56.6 Å². The SMILES string of the molecule is C[C@]12CC[C@H](O)C[C@H]1CC[C@@H]1[C@@H]2C[C@@H](O)[C@]2(C)[C@@H](C(CO)CCO)CC[C@]12O. The van der Waals surface area contributed by atoms with Gasteiger partial charge < -0.3 is 25.5 Å². The molecule has 4 rings (SSSR count). The normalized spacial score (nSPS) is 54.5. The maximum absolute atomic E-state index is 12.1. The topological polar surface area (TPSA) is 101 Å². The third-order valence-electron chi connectivity index (χ3n) is 10.3. The quantitative estimate of drug-likeness (QED) is 0.501. The molecule has 0 bridgehead atoms. The van der Waals surface area contributed by atoms with Gasteiger partial charge in [0.05, 0.1) is 17.8 Å². The van der Waals surface area contributed by atoms with Crippen molar-refractivity contribution in [3.05, 3.63) is 0 Å². The summed E-state index contributed by atoms with van der Waals surface area (Å²) in [4.78, 5) is 0. The molecule has 0 heterocycles. The van der Waals surface area contributed by atoms with E-state index in [0.29, 0.717) is 25.2 Å². The number of rotatable bonds is 4. The molecule has 4 fully saturated rings. The van der Waals surface area contributed by atoms with Crippen LogP contribution in [0.25, 0.3) is 0 Å². The Kier molecular flexibility index (Phi) is 5.41. The van der Waals surface area contributed by atoms with Crippen molar-refractivity contribution in [2.75, 3.05) is 13.2 Å². The smallest absolute Gasteiger partial charge is 0.0759 e. The zero-order valence-electron chi connectivity index (χ0n) is 17.6. The molecule has 10 atom stereocenters. The first-order valence-electron chi connectivity index (χ1n) is 11.5. The highest BCUT2D eigenvalue weighted by Gasteiger charge is 2.70. The molecule has 0 aromatic rings. The van der Waals surface area contributed by atoms with Gasteiger partial charge in [-0.3, -0.25) is 0 Å². The summed E-state index contributed by atoms with van der Waals surface area (Å²) in [6.45, 7) is 4.41. The average Bonchev–Trinajstić information content (AvgIpc) is 2.95. The Balaban J connectivity index is 1.67. The lowest BCUT2D eigenvalue weighted by Crippen LogP contribution is -2.67. The molecule has 5 heteroatoms. The van der Waals surface area contributed by atoms with Crippen LogP contribution < -0.4 is 0 Å². The lowest BCUT2D eigenvalue weighted by Gasteiger charge is -2.65. The highest BCUT2D eigenvalue weighted by Crippen LogP contribution is 2.69. The molecule has 0 aliphatic heterocycles. The van der Waals surface area contributed by atoms with Crippen molar-refractivity contribution in [1.82, 2.24) is 0 Å². The van der Waals surface area contributed by atoms with Gasteiger partial charge in [0.25, 0.3) is 0 Å². The minimum absolute atomic E-state index is 0.00457. The van der Waals surface area contributed by atoms with Gasteiger partial charge in [-0.05, 0) is 92.8 Å². The summed E-state index contributed by atoms with van der Waals surface area (Å²) < 4.78 is 0. The summed E-state index contributed by atoms with van der Waals surface area (Å²) in [6.07, 6.45) is 6.59. The van der Waals surface area contributed by atoms with E-state index < -0.39 is 17.1 Å². The number of aliphatic hydroxyl groups excluding tert-OH is 4. The molecule has 0 saturated heterocycles. The van der Waals surface area contributed by atoms with Crippen LogP contribution in [-0.2, 0) is 0 Å². The fourth-order valence-electron chi connectivity index (χ4n) is 8.56. The highest BCUT2D eigenvalue weighted by atomic mass is 16.3. The van der Waals surface area contributed by atoms with Crippen LogP contribution in [0.4, 0.5) is 0 Å². The van der Waals surface area contributed by atoms with Crippen LogP contribution in [0.1, 0.15) is 71.6 Å². The second kappa shape index (κ2) is 7.19. The van der Waals surface area contributed by atoms with Crippen LogP contribution >= 0.6 is 0 Å². The zero-order valence-corrected chi connectivity index (χ0v) is 17.6. The van der Waals surface area contributed by atoms with Crippen LogP contribution in [0, 0.1) is 40.4 Å². The van der Waals surface area contributed by atoms with Crippen LogP contribution in [0.2, 0.25) is 0 Å². The number of hydrogen-bond acceptors (Lipinski definition) is 5. The van der Waals surface area contributed by atoms with Crippen molar-refractivity contribution in [3.63, 3.8) is 0 Å². The van der Waals surface area contributed by atoms with E-state index in [4.69, 9.17) is 0 Å². The fraction of sp³-hybridized carbons (Fsp3) is 1.00. The first kappa shape index (κ1) is 21.0. The molecule has 0 aromatic heterocycles. The zero-order chi connectivity index (χ0) is 20.3. The van der Waals surface area contributed by atoms with E-state index in [1.807, 2.05) is 6.92 Å². The minimum atomic E-state index is -0.910. The van der Waals surface area contributed by atoms with E-state index in [1.165, 1.54) is 0 Å². The van der Waals surface area contributed by atoms with Crippen LogP contribution in [0.15, 0.2) is 0 Å². The Hall–Kier alpha value is -0.200. The van der Waals surface area contributed by atoms with Gasteiger partial charge in [-0.15, -0.1) is 0 Å². The van der Waals surface area contributed by atoms with Gasteiger partial charge in [-0.1, -0.05) is 13.8 Å². The fourth-order valence-corrected chi connectivity index (χ4v) is 8.56. The Morgan fingerprint density at radius 1 is 0.929 bits per heavy atom. The number of aliphatic hydroxyl groups is 5. The Morgan fingerprint density at radius 3 is 2.36 bits per heavy atom. The molecule has 0 spiro atoms. The maximum atomic E-state index is 12.1. The molecule has 28 heavy (non-hydrogen) atoms. The predicted molar refractivity (Wildman–Crippen MR) is 106 cm³/mol. The highest BCUT2D eigenvalue weighted by molar-refractivity contribution is 5.20. The number of hydrogen-bond donors (Lipinski definition) is 5. The van der Waals surface area contributed by atoms with E-state index in [0.717, 1.165) is 38.5 Å². The van der Waals surface area contributed by atoms with Gasteiger partial charge >= 0.3 is 0 Å². The van der Waals surface area contributed by atoms with E-state index in [9.17, 15) is 25.5 Å². The van der Waals surface area contributed by atoms with Gasteiger partial charge in [-0.2, -0.15) is 0 Å². The second-order valence-electron chi connectivity index (χ2n) is 11.0. The van der Waals surface area contributed by atoms with Crippen molar-refractivity contribution >= 4 is 0 Å². The Morgan fingerprint density at radius 2 is 1.68 bits per heavy atom. The molecular weight excluding hydrogens is 356 g/mol. The average molecular weight is 397 g/mol. The van der Waals surface area contributed by atoms with Crippen molar-refractivity contribution in [1.29, 1.82) is 0 Å². The summed E-state index contributed by atoms with van der Waals surface area (Å²) >= 11 is 0. The monoisotopic (exact) mass is 396 g/mol. The van der Waals surface area contributed by atoms with Gasteiger partial charge in [-0.25, -0.2) is 0 Å². The van der Waals surface area contributed by atoms with Crippen molar-refractivity contribution in [3.8, 4) is 0 Å². The summed E-state index contributed by atoms with van der Waals surface area (Å²) in [6, 6.07) is 0. The number of fused-ring (bicyclic) bond motifs is 5. The third kappa shape index (κ3) is 2.69. The van der Waals surface area contributed by atoms with Gasteiger partial charge in [0.1, 0.15) is 0 Å². The van der Waals surface area contributed by atoms with Gasteiger partial charge in [0.15, 0.2) is 0 Å². The third-order valence-corrected chi connectivity index (χ3v) is 10.3. The summed E-state index contributed by atoms with van der Waals surface area (Å²) in [5.74, 6) is 0.901. The summed E-state index contributed by atoms with van der Waals surface area (Å²) in [5, 5.41) is 53.1. The minimum Gasteiger partial charge on any atom is -0.396 e. The largest absolute Gasteiger partial charge is 0.396 e. The molecule has 0 amide bonds. The molecule has 4 aliphatic rings. The molecule has 162 valence electrons. The lowest BCUT2D eigenvalue weighted by atomic mass is 9.42. The summed E-state index contributed by atoms with van der Waals surface area (Å²) in [7, 11) is 0. The molecular formula is C23H40O5. The molecule has 5 N–H and O–H groups in total. The molecule has 4 aliphatic carbocycles. The first-order chi connectivity index (χ1) is 13.2. The molecule has 0 radical (unpaired) electrons. The predicted octanol–water partition coefficient (Wildman–Crippen LogP) is 2.08. The standard InChI is InChI=1S/C23H40O5/c1-21-8-5-16(26)11-15(21)3-4-18-19(21)12-20(27)22(2)17(6-9-23(18,22)28)14(13-25)7-10-24/h14-20,24-28H,3-13H2,1-2H3/t14?,15-,16+,17-,18-,19+,20-,21+,22+,23+/m1/s1. The molecule has 0 aromatic carbocycles. The van der Waals surface area contributed by atoms with Gasteiger partial charge in [0.2, 0.25) is 0 Å². The molecule has 1 unspecified atom stereocenters. The summed E-state index contributed by atoms with van der Waals surface area (Å²) in [5.41, 5.74) is -1.46. The van der Waals surface area contributed by atoms with Crippen molar-refractivity contribution in [2.24, 2.45) is 40.4 Å². The Labute approximate surface area is 169 Å². The lowest BCUT2D eigenvalue weighted by molar-refractivity contribution is -0.251.